The van der Waals surface area contributed by atoms with Gasteiger partial charge in [0, 0.05) is 10.9 Å². The predicted molar refractivity (Wildman–Crippen MR) is 104 cm³/mol. The number of H-pyrrole nitrogens is 1. The summed E-state index contributed by atoms with van der Waals surface area (Å²) in [6.45, 7) is 3.45. The Hall–Kier alpha value is -3.61. The molecule has 0 aliphatic heterocycles. The summed E-state index contributed by atoms with van der Waals surface area (Å²) in [5.74, 6) is -1.77. The molecule has 2 N–H and O–H groups in total. The van der Waals surface area contributed by atoms with Gasteiger partial charge in [0.15, 0.2) is 6.61 Å². The second-order valence-electron chi connectivity index (χ2n) is 6.39. The number of aryl methyl sites for hydroxylation is 2. The SMILES string of the molecule is COC(=O)c1ccccc1NC(=O)COC(=O)c1cc2c(C)cc(C)cc2[nH]1. The van der Waals surface area contributed by atoms with Gasteiger partial charge in [-0.2, -0.15) is 0 Å². The van der Waals surface area contributed by atoms with Gasteiger partial charge in [0.1, 0.15) is 5.69 Å². The Kier molecular flexibility index (Phi) is 5.44. The van der Waals surface area contributed by atoms with Gasteiger partial charge >= 0.3 is 11.9 Å². The van der Waals surface area contributed by atoms with Gasteiger partial charge in [0.05, 0.1) is 18.4 Å². The Bertz CT molecular complexity index is 1070. The van der Waals surface area contributed by atoms with Crippen LogP contribution in [0.2, 0.25) is 0 Å². The second-order valence-corrected chi connectivity index (χ2v) is 6.39. The third-order valence-electron chi connectivity index (χ3n) is 4.25. The molecule has 7 heteroatoms. The number of nitrogens with one attached hydrogen (secondary N) is 2. The van der Waals surface area contributed by atoms with Crippen LogP contribution in [0.25, 0.3) is 10.9 Å². The summed E-state index contributed by atoms with van der Waals surface area (Å²) >= 11 is 0. The standard InChI is InChI=1S/C21H20N2O5/c1-12-8-13(2)15-10-18(22-17(15)9-12)21(26)28-11-19(24)23-16-7-5-4-6-14(16)20(25)27-3/h4-10,22H,11H2,1-3H3,(H,23,24). The van der Waals surface area contributed by atoms with E-state index in [4.69, 9.17) is 4.74 Å². The Balaban J connectivity index is 1.66. The zero-order valence-corrected chi connectivity index (χ0v) is 15.8. The number of para-hydroxylation sites is 1. The predicted octanol–water partition coefficient (Wildman–Crippen LogP) is 3.37. The van der Waals surface area contributed by atoms with Gasteiger partial charge in [-0.05, 0) is 49.2 Å². The number of methoxy groups -OCH3 is 1. The van der Waals surface area contributed by atoms with E-state index in [0.29, 0.717) is 0 Å². The smallest absolute Gasteiger partial charge is 0.355 e. The molecule has 3 aromatic rings. The lowest BCUT2D eigenvalue weighted by molar-refractivity contribution is -0.119. The molecule has 0 atom stereocenters. The van der Waals surface area contributed by atoms with Crippen LogP contribution in [-0.4, -0.2) is 36.5 Å². The molecule has 28 heavy (non-hydrogen) atoms. The van der Waals surface area contributed by atoms with Crippen molar-refractivity contribution < 1.29 is 23.9 Å². The van der Waals surface area contributed by atoms with Crippen molar-refractivity contribution in [3.8, 4) is 0 Å². The molecule has 0 radical (unpaired) electrons. The van der Waals surface area contributed by atoms with Crippen molar-refractivity contribution in [2.75, 3.05) is 19.0 Å². The number of anilines is 1. The minimum atomic E-state index is -0.635. The lowest BCUT2D eigenvalue weighted by atomic mass is 10.1. The maximum absolute atomic E-state index is 12.3. The van der Waals surface area contributed by atoms with Gasteiger partial charge in [-0.15, -0.1) is 0 Å². The van der Waals surface area contributed by atoms with Crippen LogP contribution in [-0.2, 0) is 14.3 Å². The summed E-state index contributed by atoms with van der Waals surface area (Å²) in [4.78, 5) is 39.2. The van der Waals surface area contributed by atoms with Crippen molar-refractivity contribution in [2.45, 2.75) is 13.8 Å². The van der Waals surface area contributed by atoms with E-state index in [1.807, 2.05) is 26.0 Å². The summed E-state index contributed by atoms with van der Waals surface area (Å²) in [7, 11) is 1.26. The monoisotopic (exact) mass is 380 g/mol. The Labute approximate surface area is 161 Å². The van der Waals surface area contributed by atoms with Crippen LogP contribution in [0, 0.1) is 13.8 Å². The highest BCUT2D eigenvalue weighted by atomic mass is 16.5. The molecule has 0 unspecified atom stereocenters. The number of fused-ring (bicyclic) bond motifs is 1. The molecule has 0 saturated heterocycles. The maximum Gasteiger partial charge on any atom is 0.355 e. The number of benzene rings is 2. The number of amides is 1. The largest absolute Gasteiger partial charge is 0.465 e. The molecule has 2 aromatic carbocycles. The molecule has 0 bridgehead atoms. The zero-order chi connectivity index (χ0) is 20.3. The van der Waals surface area contributed by atoms with E-state index in [1.165, 1.54) is 13.2 Å². The average Bonchev–Trinajstić information content (AvgIpc) is 3.10. The third kappa shape index (κ3) is 4.03. The molecule has 7 nitrogen and oxygen atoms in total. The first kappa shape index (κ1) is 19.2. The van der Waals surface area contributed by atoms with E-state index in [-0.39, 0.29) is 16.9 Å². The first-order chi connectivity index (χ1) is 13.4. The minimum Gasteiger partial charge on any atom is -0.465 e. The van der Waals surface area contributed by atoms with Crippen LogP contribution >= 0.6 is 0 Å². The number of carbonyl (C=O) groups is 3. The molecule has 0 spiro atoms. The van der Waals surface area contributed by atoms with Crippen molar-refractivity contribution in [1.29, 1.82) is 0 Å². The van der Waals surface area contributed by atoms with Crippen molar-refractivity contribution in [2.24, 2.45) is 0 Å². The number of aromatic nitrogens is 1. The van der Waals surface area contributed by atoms with Gasteiger partial charge in [-0.3, -0.25) is 4.79 Å². The summed E-state index contributed by atoms with van der Waals surface area (Å²) in [5.41, 5.74) is 3.73. The van der Waals surface area contributed by atoms with Gasteiger partial charge < -0.3 is 19.8 Å². The zero-order valence-electron chi connectivity index (χ0n) is 15.8. The molecule has 0 aliphatic rings. The number of esters is 2. The van der Waals surface area contributed by atoms with Gasteiger partial charge in [0.25, 0.3) is 5.91 Å². The highest BCUT2D eigenvalue weighted by Gasteiger charge is 2.16. The Morgan fingerprint density at radius 1 is 1.04 bits per heavy atom. The molecule has 144 valence electrons. The highest BCUT2D eigenvalue weighted by molar-refractivity contribution is 6.02. The number of rotatable bonds is 5. The molecule has 0 saturated carbocycles. The van der Waals surface area contributed by atoms with E-state index >= 15 is 0 Å². The van der Waals surface area contributed by atoms with Crippen LogP contribution in [0.4, 0.5) is 5.69 Å². The molecule has 3 rings (SSSR count). The minimum absolute atomic E-state index is 0.214. The van der Waals surface area contributed by atoms with Gasteiger partial charge in [0.2, 0.25) is 0 Å². The Morgan fingerprint density at radius 3 is 2.54 bits per heavy atom. The molecule has 0 aliphatic carbocycles. The van der Waals surface area contributed by atoms with E-state index < -0.39 is 24.5 Å². The van der Waals surface area contributed by atoms with Gasteiger partial charge in [-0.1, -0.05) is 18.2 Å². The van der Waals surface area contributed by atoms with Crippen LogP contribution in [0.5, 0.6) is 0 Å². The molecule has 1 amide bonds. The summed E-state index contributed by atoms with van der Waals surface area (Å²) in [6, 6.07) is 12.1. The molecular formula is C21H20N2O5. The second kappa shape index (κ2) is 7.96. The van der Waals surface area contributed by atoms with E-state index in [2.05, 4.69) is 15.0 Å². The summed E-state index contributed by atoms with van der Waals surface area (Å²) in [5, 5.41) is 3.47. The lowest BCUT2D eigenvalue weighted by Crippen LogP contribution is -2.22. The number of ether oxygens (including phenoxy) is 2. The quantitative estimate of drug-likeness (QED) is 0.662. The average molecular weight is 380 g/mol. The normalized spacial score (nSPS) is 10.5. The molecule has 1 heterocycles. The molecule has 1 aromatic heterocycles. The Morgan fingerprint density at radius 2 is 1.79 bits per heavy atom. The maximum atomic E-state index is 12.3. The van der Waals surface area contributed by atoms with Gasteiger partial charge in [-0.25, -0.2) is 9.59 Å². The third-order valence-corrected chi connectivity index (χ3v) is 4.25. The van der Waals surface area contributed by atoms with Crippen LogP contribution in [0.3, 0.4) is 0 Å². The highest BCUT2D eigenvalue weighted by Crippen LogP contribution is 2.22. The van der Waals surface area contributed by atoms with Crippen molar-refractivity contribution in [3.63, 3.8) is 0 Å². The first-order valence-corrected chi connectivity index (χ1v) is 8.63. The summed E-state index contributed by atoms with van der Waals surface area (Å²) < 4.78 is 9.77. The number of carbonyl (C=O) groups excluding carboxylic acids is 3. The first-order valence-electron chi connectivity index (χ1n) is 8.63. The van der Waals surface area contributed by atoms with Crippen molar-refractivity contribution >= 4 is 34.4 Å². The topological polar surface area (TPSA) is 97.5 Å². The fourth-order valence-electron chi connectivity index (χ4n) is 2.98. The lowest BCUT2D eigenvalue weighted by Gasteiger charge is -2.09. The summed E-state index contributed by atoms with van der Waals surface area (Å²) in [6.07, 6.45) is 0. The molecular weight excluding hydrogens is 360 g/mol. The fraction of sp³-hybridized carbons (Fsp3) is 0.190. The van der Waals surface area contributed by atoms with Crippen LogP contribution in [0.15, 0.2) is 42.5 Å². The number of hydrogen-bond donors (Lipinski definition) is 2. The van der Waals surface area contributed by atoms with Crippen molar-refractivity contribution in [1.82, 2.24) is 4.98 Å². The fourth-order valence-corrected chi connectivity index (χ4v) is 2.98. The van der Waals surface area contributed by atoms with E-state index in [9.17, 15) is 14.4 Å². The van der Waals surface area contributed by atoms with E-state index in [1.54, 1.807) is 24.3 Å². The molecule has 0 fully saturated rings. The number of aromatic amines is 1. The van der Waals surface area contributed by atoms with E-state index in [0.717, 1.165) is 22.0 Å². The number of hydrogen-bond acceptors (Lipinski definition) is 5. The van der Waals surface area contributed by atoms with Crippen LogP contribution in [0.1, 0.15) is 32.0 Å². The van der Waals surface area contributed by atoms with Crippen LogP contribution < -0.4 is 5.32 Å². The van der Waals surface area contributed by atoms with Crippen molar-refractivity contribution in [3.05, 3.63) is 64.8 Å².